The van der Waals surface area contributed by atoms with Gasteiger partial charge in [-0.25, -0.2) is 4.39 Å². The minimum absolute atomic E-state index is 0.0444. The Kier molecular flexibility index (Phi) is 6.62. The van der Waals surface area contributed by atoms with Crippen molar-refractivity contribution < 1.29 is 23.4 Å². The fourth-order valence-electron chi connectivity index (χ4n) is 4.83. The van der Waals surface area contributed by atoms with Crippen LogP contribution in [-0.2, 0) is 0 Å². The van der Waals surface area contributed by atoms with E-state index in [1.807, 2.05) is 37.3 Å². The van der Waals surface area contributed by atoms with E-state index in [4.69, 9.17) is 9.47 Å². The van der Waals surface area contributed by atoms with Gasteiger partial charge in [-0.3, -0.25) is 9.29 Å². The molecule has 5 rings (SSSR count). The van der Waals surface area contributed by atoms with Gasteiger partial charge in [0.1, 0.15) is 41.8 Å². The Balaban J connectivity index is 1.43. The number of ether oxygens (including phenoxy) is 2. The summed E-state index contributed by atoms with van der Waals surface area (Å²) >= 11 is 0. The van der Waals surface area contributed by atoms with Gasteiger partial charge in [-0.15, -0.1) is 0 Å². The van der Waals surface area contributed by atoms with Crippen LogP contribution in [0.2, 0.25) is 0 Å². The molecule has 3 aromatic carbocycles. The number of phenolic OH excluding ortho intramolecular Hbond substituents is 1. The lowest BCUT2D eigenvalue weighted by molar-refractivity contribution is 0.0668. The van der Waals surface area contributed by atoms with Crippen LogP contribution in [0.25, 0.3) is 11.1 Å². The van der Waals surface area contributed by atoms with Gasteiger partial charge in [0.05, 0.1) is 12.2 Å². The van der Waals surface area contributed by atoms with E-state index >= 15 is 4.39 Å². The molecule has 5 nitrogen and oxygen atoms in total. The number of nitriles is 1. The number of benzene rings is 3. The van der Waals surface area contributed by atoms with E-state index in [1.54, 1.807) is 30.3 Å². The summed E-state index contributed by atoms with van der Waals surface area (Å²) in [7, 11) is 0. The second kappa shape index (κ2) is 10.00. The minimum Gasteiger partial charge on any atom is -0.508 e. The molecule has 0 aromatic heterocycles. The summed E-state index contributed by atoms with van der Waals surface area (Å²) in [5.74, 6) is 0.908. The maximum Gasteiger partial charge on any atom is 0.150 e. The zero-order valence-electron chi connectivity index (χ0n) is 19.9. The summed E-state index contributed by atoms with van der Waals surface area (Å²) in [6.45, 7) is 4.39. The average molecular weight is 489 g/mol. The van der Waals surface area contributed by atoms with Gasteiger partial charge >= 0.3 is 0 Å². The topological polar surface area (TPSA) is 65.7 Å². The molecule has 1 saturated heterocycles. The van der Waals surface area contributed by atoms with Crippen LogP contribution in [0.4, 0.5) is 8.78 Å². The highest BCUT2D eigenvalue weighted by molar-refractivity contribution is 5.96. The third-order valence-electron chi connectivity index (χ3n) is 6.80. The van der Waals surface area contributed by atoms with Crippen molar-refractivity contribution >= 4 is 11.1 Å². The predicted molar refractivity (Wildman–Crippen MR) is 133 cm³/mol. The molecule has 0 spiro atoms. The molecular weight excluding hydrogens is 462 g/mol. The molecule has 184 valence electrons. The van der Waals surface area contributed by atoms with Crippen LogP contribution in [0.5, 0.6) is 17.2 Å². The summed E-state index contributed by atoms with van der Waals surface area (Å²) in [5, 5.41) is 19.4. The number of rotatable bonds is 7. The molecule has 36 heavy (non-hydrogen) atoms. The summed E-state index contributed by atoms with van der Waals surface area (Å²) in [6.07, 6.45) is -0.627. The second-order valence-electron chi connectivity index (χ2n) is 9.19. The van der Waals surface area contributed by atoms with Gasteiger partial charge in [0.25, 0.3) is 0 Å². The molecule has 2 aliphatic heterocycles. The normalized spacial score (nSPS) is 17.7. The lowest BCUT2D eigenvalue weighted by Crippen LogP contribution is -2.49. The van der Waals surface area contributed by atoms with Crippen LogP contribution in [0, 0.1) is 23.1 Å². The number of hydrogen-bond donors (Lipinski definition) is 1. The first-order chi connectivity index (χ1) is 17.5. The number of phenols is 1. The van der Waals surface area contributed by atoms with Crippen molar-refractivity contribution in [3.8, 4) is 23.3 Å². The zero-order valence-corrected chi connectivity index (χ0v) is 19.9. The van der Waals surface area contributed by atoms with Gasteiger partial charge in [0, 0.05) is 42.3 Å². The Morgan fingerprint density at radius 2 is 1.89 bits per heavy atom. The monoisotopic (exact) mass is 488 g/mol. The van der Waals surface area contributed by atoms with E-state index in [-0.39, 0.29) is 29.5 Å². The number of allylic oxidation sites excluding steroid dienone is 1. The van der Waals surface area contributed by atoms with Crippen LogP contribution in [0.1, 0.15) is 35.3 Å². The van der Waals surface area contributed by atoms with Crippen LogP contribution < -0.4 is 9.47 Å². The number of hydrogen-bond acceptors (Lipinski definition) is 5. The number of alkyl halides is 1. The van der Waals surface area contributed by atoms with E-state index in [1.165, 1.54) is 6.07 Å². The van der Waals surface area contributed by atoms with Crippen LogP contribution in [-0.4, -0.2) is 42.9 Å². The lowest BCUT2D eigenvalue weighted by atomic mass is 9.85. The quantitative estimate of drug-likeness (QED) is 0.459. The molecule has 1 atom stereocenters. The van der Waals surface area contributed by atoms with Gasteiger partial charge in [-0.1, -0.05) is 24.3 Å². The minimum atomic E-state index is -0.627. The van der Waals surface area contributed by atoms with E-state index in [2.05, 4.69) is 4.90 Å². The first-order valence-corrected chi connectivity index (χ1v) is 11.9. The van der Waals surface area contributed by atoms with Gasteiger partial charge < -0.3 is 14.6 Å². The fraction of sp³-hybridized carbons (Fsp3) is 0.276. The zero-order chi connectivity index (χ0) is 25.2. The number of aromatic hydroxyl groups is 1. The highest BCUT2D eigenvalue weighted by atomic mass is 19.1. The molecule has 2 heterocycles. The van der Waals surface area contributed by atoms with Crippen molar-refractivity contribution in [1.29, 1.82) is 5.26 Å². The van der Waals surface area contributed by atoms with Gasteiger partial charge in [-0.2, -0.15) is 5.26 Å². The van der Waals surface area contributed by atoms with Crippen molar-refractivity contribution in [3.05, 3.63) is 88.7 Å². The average Bonchev–Trinajstić information content (AvgIpc) is 2.86. The molecule has 2 aliphatic rings. The second-order valence-corrected chi connectivity index (χ2v) is 9.19. The SMILES string of the molecule is CC1=C(c2cccc(C#N)c2F)[C@H](c2ccc(OCCN3CC(CF)C3)cc2)Oc2ccc(O)cc21. The molecular formula is C29H26F2N2O3. The van der Waals surface area contributed by atoms with Gasteiger partial charge in [-0.05, 0) is 54.5 Å². The van der Waals surface area contributed by atoms with E-state index in [9.17, 15) is 14.8 Å². The molecule has 1 fully saturated rings. The van der Waals surface area contributed by atoms with Gasteiger partial charge in [0.15, 0.2) is 0 Å². The molecule has 1 N–H and O–H groups in total. The van der Waals surface area contributed by atoms with E-state index < -0.39 is 11.9 Å². The number of likely N-dealkylation sites (tertiary alicyclic amines) is 1. The molecule has 0 aliphatic carbocycles. The van der Waals surface area contributed by atoms with E-state index in [0.717, 1.165) is 30.8 Å². The number of nitrogens with zero attached hydrogens (tertiary/aromatic N) is 2. The van der Waals surface area contributed by atoms with Crippen LogP contribution in [0.15, 0.2) is 60.7 Å². The number of halogens is 2. The van der Waals surface area contributed by atoms with Crippen molar-refractivity contribution in [2.24, 2.45) is 5.92 Å². The maximum atomic E-state index is 15.3. The Bertz CT molecular complexity index is 1340. The maximum absolute atomic E-state index is 15.3. The van der Waals surface area contributed by atoms with Gasteiger partial charge in [0.2, 0.25) is 0 Å². The Hall–Kier alpha value is -3.89. The third-order valence-corrected chi connectivity index (χ3v) is 6.80. The predicted octanol–water partition coefficient (Wildman–Crippen LogP) is 5.75. The van der Waals surface area contributed by atoms with Crippen molar-refractivity contribution in [1.82, 2.24) is 4.90 Å². The van der Waals surface area contributed by atoms with E-state index in [0.29, 0.717) is 29.2 Å². The molecule has 0 saturated carbocycles. The van der Waals surface area contributed by atoms with Crippen LogP contribution in [0.3, 0.4) is 0 Å². The standard InChI is InChI=1S/C29H26F2N2O3/c1-18-25-13-22(34)7-10-26(25)36-29(27(18)24-4-2-3-21(15-32)28(24)31)20-5-8-23(9-6-20)35-12-11-33-16-19(14-30)17-33/h2-10,13,19,29,34H,11-12,14,16-17H2,1H3/t29-/m0/s1. The van der Waals surface area contributed by atoms with Crippen molar-refractivity contribution in [2.45, 2.75) is 13.0 Å². The highest BCUT2D eigenvalue weighted by Gasteiger charge is 2.31. The summed E-state index contributed by atoms with van der Waals surface area (Å²) < 4.78 is 40.1. The smallest absolute Gasteiger partial charge is 0.150 e. The lowest BCUT2D eigenvalue weighted by Gasteiger charge is -2.37. The Morgan fingerprint density at radius 3 is 2.61 bits per heavy atom. The molecule has 0 bridgehead atoms. The fourth-order valence-corrected chi connectivity index (χ4v) is 4.83. The number of fused-ring (bicyclic) bond motifs is 1. The Labute approximate surface area is 208 Å². The van der Waals surface area contributed by atoms with Crippen LogP contribution >= 0.6 is 0 Å². The summed E-state index contributed by atoms with van der Waals surface area (Å²) in [4.78, 5) is 2.16. The summed E-state index contributed by atoms with van der Waals surface area (Å²) in [5.41, 5.74) is 3.06. The first-order valence-electron chi connectivity index (χ1n) is 11.9. The van der Waals surface area contributed by atoms with Crippen molar-refractivity contribution in [3.63, 3.8) is 0 Å². The molecule has 0 amide bonds. The third kappa shape index (κ3) is 4.52. The van der Waals surface area contributed by atoms with Crippen molar-refractivity contribution in [2.75, 3.05) is 32.9 Å². The largest absolute Gasteiger partial charge is 0.508 e. The highest BCUT2D eigenvalue weighted by Crippen LogP contribution is 2.48. The molecule has 7 heteroatoms. The Morgan fingerprint density at radius 1 is 1.11 bits per heavy atom. The molecule has 3 aromatic rings. The first kappa shape index (κ1) is 23.8. The molecule has 0 radical (unpaired) electrons. The summed E-state index contributed by atoms with van der Waals surface area (Å²) in [6, 6.07) is 18.9. The molecule has 0 unspecified atom stereocenters.